The molecule has 2 N–H and O–H groups in total. The van der Waals surface area contributed by atoms with Crippen molar-refractivity contribution in [2.45, 2.75) is 38.6 Å². The highest BCUT2D eigenvalue weighted by atomic mass is 16.2. The molecule has 1 unspecified atom stereocenters. The van der Waals surface area contributed by atoms with E-state index in [-0.39, 0.29) is 11.9 Å². The molecule has 4 nitrogen and oxygen atoms in total. The summed E-state index contributed by atoms with van der Waals surface area (Å²) < 4.78 is 0. The van der Waals surface area contributed by atoms with Crippen LogP contribution in [0.3, 0.4) is 0 Å². The zero-order valence-corrected chi connectivity index (χ0v) is 10.2. The third-order valence-corrected chi connectivity index (χ3v) is 3.06. The number of nitrogens with one attached hydrogen (secondary N) is 2. The lowest BCUT2D eigenvalue weighted by molar-refractivity contribution is -0.118. The van der Waals surface area contributed by atoms with Gasteiger partial charge in [-0.25, -0.2) is 0 Å². The number of pyridine rings is 1. The Hall–Kier alpha value is -1.42. The lowest BCUT2D eigenvalue weighted by Gasteiger charge is -2.15. The number of aryl methyl sites for hydroxylation is 1. The molecular weight excluding hydrogens is 214 g/mol. The van der Waals surface area contributed by atoms with Gasteiger partial charge in [0.15, 0.2) is 0 Å². The van der Waals surface area contributed by atoms with Crippen molar-refractivity contribution >= 4 is 11.6 Å². The summed E-state index contributed by atoms with van der Waals surface area (Å²) in [7, 11) is 0. The van der Waals surface area contributed by atoms with Crippen LogP contribution in [0.5, 0.6) is 0 Å². The molecule has 4 heteroatoms. The second kappa shape index (κ2) is 5.77. The maximum absolute atomic E-state index is 12.0. The predicted molar refractivity (Wildman–Crippen MR) is 67.9 cm³/mol. The van der Waals surface area contributed by atoms with Crippen LogP contribution >= 0.6 is 0 Å². The summed E-state index contributed by atoms with van der Waals surface area (Å²) in [5, 5.41) is 6.18. The Morgan fingerprint density at radius 2 is 2.29 bits per heavy atom. The standard InChI is InChI=1S/C13H19N3O/c1-10-6-7-11(9-15-10)16-13(17)12-5-3-2-4-8-14-12/h6-7,9,12,14H,2-5,8H2,1H3,(H,16,17). The Balaban J connectivity index is 1.93. The summed E-state index contributed by atoms with van der Waals surface area (Å²) in [6, 6.07) is 3.73. The zero-order chi connectivity index (χ0) is 12.1. The Morgan fingerprint density at radius 3 is 3.06 bits per heavy atom. The van der Waals surface area contributed by atoms with Gasteiger partial charge in [0.25, 0.3) is 0 Å². The van der Waals surface area contributed by atoms with Crippen LogP contribution in [0.2, 0.25) is 0 Å². The van der Waals surface area contributed by atoms with Crippen molar-refractivity contribution in [2.75, 3.05) is 11.9 Å². The second-order valence-electron chi connectivity index (χ2n) is 4.53. The average Bonchev–Trinajstić information content (AvgIpc) is 2.61. The first-order valence-electron chi connectivity index (χ1n) is 6.22. The smallest absolute Gasteiger partial charge is 0.241 e. The van der Waals surface area contributed by atoms with E-state index in [4.69, 9.17) is 0 Å². The van der Waals surface area contributed by atoms with Crippen LogP contribution in [0.1, 0.15) is 31.4 Å². The molecule has 1 aromatic rings. The van der Waals surface area contributed by atoms with Crippen molar-refractivity contribution in [3.8, 4) is 0 Å². The van der Waals surface area contributed by atoms with E-state index in [9.17, 15) is 4.79 Å². The van der Waals surface area contributed by atoms with Crippen molar-refractivity contribution in [3.05, 3.63) is 24.0 Å². The van der Waals surface area contributed by atoms with Gasteiger partial charge < -0.3 is 10.6 Å². The lowest BCUT2D eigenvalue weighted by atomic mass is 10.1. The fourth-order valence-electron chi connectivity index (χ4n) is 2.02. The van der Waals surface area contributed by atoms with Gasteiger partial charge in [-0.15, -0.1) is 0 Å². The number of carbonyl (C=O) groups excluding carboxylic acids is 1. The molecule has 2 heterocycles. The first-order chi connectivity index (χ1) is 8.25. The van der Waals surface area contributed by atoms with Crippen molar-refractivity contribution in [2.24, 2.45) is 0 Å². The van der Waals surface area contributed by atoms with Crippen LogP contribution in [0.15, 0.2) is 18.3 Å². The molecule has 1 saturated heterocycles. The SMILES string of the molecule is Cc1ccc(NC(=O)C2CCCCCN2)cn1. The summed E-state index contributed by atoms with van der Waals surface area (Å²) in [5.74, 6) is 0.0533. The van der Waals surface area contributed by atoms with E-state index >= 15 is 0 Å². The molecule has 0 spiro atoms. The van der Waals surface area contributed by atoms with Crippen LogP contribution in [-0.4, -0.2) is 23.5 Å². The van der Waals surface area contributed by atoms with Gasteiger partial charge in [-0.05, 0) is 38.4 Å². The first kappa shape index (κ1) is 12.0. The van der Waals surface area contributed by atoms with E-state index < -0.39 is 0 Å². The molecule has 92 valence electrons. The molecule has 0 bridgehead atoms. The van der Waals surface area contributed by atoms with Gasteiger partial charge in [-0.2, -0.15) is 0 Å². The number of nitrogens with zero attached hydrogens (tertiary/aromatic N) is 1. The Labute approximate surface area is 102 Å². The number of anilines is 1. The molecule has 1 aromatic heterocycles. The molecule has 1 aliphatic heterocycles. The van der Waals surface area contributed by atoms with E-state index in [0.717, 1.165) is 37.2 Å². The molecule has 2 rings (SSSR count). The number of aromatic nitrogens is 1. The largest absolute Gasteiger partial charge is 0.323 e. The van der Waals surface area contributed by atoms with Crippen molar-refractivity contribution in [3.63, 3.8) is 0 Å². The maximum atomic E-state index is 12.0. The maximum Gasteiger partial charge on any atom is 0.241 e. The number of amides is 1. The summed E-state index contributed by atoms with van der Waals surface area (Å²) in [5.41, 5.74) is 1.72. The van der Waals surface area contributed by atoms with Crippen LogP contribution in [0, 0.1) is 6.92 Å². The number of rotatable bonds is 2. The van der Waals surface area contributed by atoms with Crippen LogP contribution in [-0.2, 0) is 4.79 Å². The molecule has 0 radical (unpaired) electrons. The minimum atomic E-state index is -0.0567. The highest BCUT2D eigenvalue weighted by molar-refractivity contribution is 5.94. The van der Waals surface area contributed by atoms with Crippen molar-refractivity contribution in [1.29, 1.82) is 0 Å². The van der Waals surface area contributed by atoms with E-state index in [1.807, 2.05) is 19.1 Å². The highest BCUT2D eigenvalue weighted by Gasteiger charge is 2.19. The first-order valence-corrected chi connectivity index (χ1v) is 6.22. The van der Waals surface area contributed by atoms with E-state index in [0.29, 0.717) is 0 Å². The van der Waals surface area contributed by atoms with E-state index in [1.165, 1.54) is 6.42 Å². The predicted octanol–water partition coefficient (Wildman–Crippen LogP) is 1.86. The Bertz CT molecular complexity index is 367. The Morgan fingerprint density at radius 1 is 1.41 bits per heavy atom. The minimum Gasteiger partial charge on any atom is -0.323 e. The van der Waals surface area contributed by atoms with Crippen molar-refractivity contribution < 1.29 is 4.79 Å². The molecule has 0 aliphatic carbocycles. The normalized spacial score (nSPS) is 20.6. The fraction of sp³-hybridized carbons (Fsp3) is 0.538. The molecular formula is C13H19N3O. The number of hydrogen-bond acceptors (Lipinski definition) is 3. The van der Waals surface area contributed by atoms with Gasteiger partial charge in [0.2, 0.25) is 5.91 Å². The molecule has 1 atom stereocenters. The highest BCUT2D eigenvalue weighted by Crippen LogP contribution is 2.11. The van der Waals surface area contributed by atoms with Crippen LogP contribution in [0.4, 0.5) is 5.69 Å². The van der Waals surface area contributed by atoms with Gasteiger partial charge in [-0.3, -0.25) is 9.78 Å². The van der Waals surface area contributed by atoms with Gasteiger partial charge in [0.05, 0.1) is 17.9 Å². The summed E-state index contributed by atoms with van der Waals surface area (Å²) >= 11 is 0. The molecule has 17 heavy (non-hydrogen) atoms. The van der Waals surface area contributed by atoms with Crippen LogP contribution in [0.25, 0.3) is 0 Å². The summed E-state index contributed by atoms with van der Waals surface area (Å²) in [6.45, 7) is 2.86. The molecule has 1 amide bonds. The van der Waals surface area contributed by atoms with Gasteiger partial charge in [-0.1, -0.05) is 12.8 Å². The second-order valence-corrected chi connectivity index (χ2v) is 4.53. The third kappa shape index (κ3) is 3.53. The summed E-state index contributed by atoms with van der Waals surface area (Å²) in [6.07, 6.45) is 6.12. The molecule has 0 aromatic carbocycles. The van der Waals surface area contributed by atoms with Gasteiger partial charge in [0, 0.05) is 5.69 Å². The fourth-order valence-corrected chi connectivity index (χ4v) is 2.02. The van der Waals surface area contributed by atoms with E-state index in [2.05, 4.69) is 15.6 Å². The average molecular weight is 233 g/mol. The van der Waals surface area contributed by atoms with Crippen molar-refractivity contribution in [1.82, 2.24) is 10.3 Å². The van der Waals surface area contributed by atoms with E-state index in [1.54, 1.807) is 6.20 Å². The lowest BCUT2D eigenvalue weighted by Crippen LogP contribution is -2.39. The molecule has 1 aliphatic rings. The topological polar surface area (TPSA) is 54.0 Å². The molecule has 1 fully saturated rings. The quantitative estimate of drug-likeness (QED) is 0.819. The minimum absolute atomic E-state index is 0.0533. The monoisotopic (exact) mass is 233 g/mol. The third-order valence-electron chi connectivity index (χ3n) is 3.06. The van der Waals surface area contributed by atoms with Gasteiger partial charge >= 0.3 is 0 Å². The molecule has 0 saturated carbocycles. The Kier molecular flexibility index (Phi) is 4.09. The zero-order valence-electron chi connectivity index (χ0n) is 10.2. The van der Waals surface area contributed by atoms with Gasteiger partial charge in [0.1, 0.15) is 0 Å². The number of hydrogen-bond donors (Lipinski definition) is 2. The number of carbonyl (C=O) groups is 1. The van der Waals surface area contributed by atoms with Crippen LogP contribution < -0.4 is 10.6 Å². The summed E-state index contributed by atoms with van der Waals surface area (Å²) in [4.78, 5) is 16.2.